The molecule has 0 amide bonds. The molecule has 4 aromatic carbocycles. The predicted octanol–water partition coefficient (Wildman–Crippen LogP) is 6.61. The van der Waals surface area contributed by atoms with E-state index in [1.54, 1.807) is 0 Å². The van der Waals surface area contributed by atoms with Gasteiger partial charge in [0.15, 0.2) is 0 Å². The lowest BCUT2D eigenvalue weighted by Crippen LogP contribution is -1.91. The smallest absolute Gasteiger partial charge is 0.0893 e. The van der Waals surface area contributed by atoms with Crippen molar-refractivity contribution in [1.29, 1.82) is 0 Å². The number of aromatic nitrogens is 2. The zero-order valence-electron chi connectivity index (χ0n) is 15.1. The number of hydrogen-bond donors (Lipinski definition) is 0. The van der Waals surface area contributed by atoms with Crippen molar-refractivity contribution in [2.75, 3.05) is 0 Å². The fraction of sp³-hybridized carbons (Fsp3) is 0. The van der Waals surface area contributed by atoms with Crippen LogP contribution >= 0.6 is 0 Å². The maximum absolute atomic E-state index is 4.91. The molecule has 0 atom stereocenters. The number of hydrogen-bond acceptors (Lipinski definition) is 2. The molecule has 1 aliphatic carbocycles. The SMILES string of the molecule is c1ccc(-c2cncc(-c3cc4c5c(cccc5c3)-c3ccccc3-4)n2)cc1. The Labute approximate surface area is 163 Å². The molecule has 0 N–H and O–H groups in total. The van der Waals surface area contributed by atoms with Crippen molar-refractivity contribution in [3.63, 3.8) is 0 Å². The molecule has 0 spiro atoms. The van der Waals surface area contributed by atoms with E-state index in [9.17, 15) is 0 Å². The van der Waals surface area contributed by atoms with Crippen LogP contribution < -0.4 is 0 Å². The van der Waals surface area contributed by atoms with E-state index in [1.807, 2.05) is 30.6 Å². The third kappa shape index (κ3) is 2.21. The number of nitrogens with zero attached hydrogens (tertiary/aromatic N) is 2. The zero-order chi connectivity index (χ0) is 18.5. The quantitative estimate of drug-likeness (QED) is 0.349. The Bertz CT molecular complexity index is 1350. The van der Waals surface area contributed by atoms with E-state index in [1.165, 1.54) is 33.0 Å². The molecule has 2 heteroatoms. The molecule has 0 aliphatic heterocycles. The van der Waals surface area contributed by atoms with Gasteiger partial charge in [0.1, 0.15) is 0 Å². The van der Waals surface area contributed by atoms with Crippen LogP contribution in [0.5, 0.6) is 0 Å². The molecule has 5 aromatic rings. The average Bonchev–Trinajstić information content (AvgIpc) is 3.10. The Balaban J connectivity index is 1.58. The van der Waals surface area contributed by atoms with Crippen molar-refractivity contribution < 1.29 is 0 Å². The van der Waals surface area contributed by atoms with E-state index in [0.29, 0.717) is 0 Å². The van der Waals surface area contributed by atoms with Gasteiger partial charge in [0.25, 0.3) is 0 Å². The Morgan fingerprint density at radius 3 is 2.00 bits per heavy atom. The standard InChI is InChI=1S/C26H16N2/c1-2-7-17(8-3-1)24-15-27-16-25(28-24)19-13-18-9-6-12-22-20-10-4-5-11-21(20)23(14-19)26(18)22/h1-16H. The number of fused-ring (bicyclic) bond motifs is 3. The summed E-state index contributed by atoms with van der Waals surface area (Å²) < 4.78 is 0. The van der Waals surface area contributed by atoms with Crippen molar-refractivity contribution in [3.8, 4) is 44.8 Å². The summed E-state index contributed by atoms with van der Waals surface area (Å²) in [6.45, 7) is 0. The van der Waals surface area contributed by atoms with Crippen LogP contribution in [0.4, 0.5) is 0 Å². The van der Waals surface area contributed by atoms with Crippen LogP contribution in [-0.4, -0.2) is 9.97 Å². The average molecular weight is 356 g/mol. The highest BCUT2D eigenvalue weighted by atomic mass is 14.8. The van der Waals surface area contributed by atoms with Gasteiger partial charge in [-0.05, 0) is 45.2 Å². The summed E-state index contributed by atoms with van der Waals surface area (Å²) in [5.74, 6) is 0. The van der Waals surface area contributed by atoms with Gasteiger partial charge in [-0.2, -0.15) is 0 Å². The largest absolute Gasteiger partial charge is 0.260 e. The topological polar surface area (TPSA) is 25.8 Å². The van der Waals surface area contributed by atoms with E-state index in [2.05, 4.69) is 71.7 Å². The van der Waals surface area contributed by atoms with Crippen molar-refractivity contribution >= 4 is 10.8 Å². The second kappa shape index (κ2) is 5.86. The lowest BCUT2D eigenvalue weighted by atomic mass is 9.98. The molecule has 0 fully saturated rings. The molecule has 1 aliphatic rings. The highest BCUT2D eigenvalue weighted by Crippen LogP contribution is 2.48. The van der Waals surface area contributed by atoms with Crippen LogP contribution in [-0.2, 0) is 0 Å². The maximum Gasteiger partial charge on any atom is 0.0893 e. The molecule has 28 heavy (non-hydrogen) atoms. The Morgan fingerprint density at radius 1 is 0.500 bits per heavy atom. The van der Waals surface area contributed by atoms with Crippen LogP contribution in [0.15, 0.2) is 97.3 Å². The van der Waals surface area contributed by atoms with Gasteiger partial charge in [0.2, 0.25) is 0 Å². The minimum Gasteiger partial charge on any atom is -0.260 e. The highest BCUT2D eigenvalue weighted by molar-refractivity contribution is 6.16. The van der Waals surface area contributed by atoms with Crippen molar-refractivity contribution in [2.45, 2.75) is 0 Å². The monoisotopic (exact) mass is 356 g/mol. The molecule has 0 saturated heterocycles. The minimum atomic E-state index is 0.892. The normalized spacial score (nSPS) is 11.6. The highest BCUT2D eigenvalue weighted by Gasteiger charge is 2.21. The van der Waals surface area contributed by atoms with Gasteiger partial charge < -0.3 is 0 Å². The summed E-state index contributed by atoms with van der Waals surface area (Å²) >= 11 is 0. The second-order valence-corrected chi connectivity index (χ2v) is 7.13. The van der Waals surface area contributed by atoms with Crippen LogP contribution in [0.3, 0.4) is 0 Å². The Morgan fingerprint density at radius 2 is 1.18 bits per heavy atom. The fourth-order valence-corrected chi connectivity index (χ4v) is 4.22. The van der Waals surface area contributed by atoms with Gasteiger partial charge in [-0.1, -0.05) is 72.8 Å². The first-order valence-corrected chi connectivity index (χ1v) is 9.43. The van der Waals surface area contributed by atoms with E-state index >= 15 is 0 Å². The van der Waals surface area contributed by atoms with Gasteiger partial charge >= 0.3 is 0 Å². The summed E-state index contributed by atoms with van der Waals surface area (Å²) in [4.78, 5) is 9.37. The molecule has 130 valence electrons. The lowest BCUT2D eigenvalue weighted by Gasteiger charge is -2.08. The van der Waals surface area contributed by atoms with Gasteiger partial charge in [0, 0.05) is 11.1 Å². The van der Waals surface area contributed by atoms with Gasteiger partial charge in [-0.3, -0.25) is 4.98 Å². The fourth-order valence-electron chi connectivity index (χ4n) is 4.22. The Hall–Kier alpha value is -3.78. The van der Waals surface area contributed by atoms with E-state index in [0.717, 1.165) is 22.5 Å². The third-order valence-corrected chi connectivity index (χ3v) is 5.48. The first kappa shape index (κ1) is 15.3. The van der Waals surface area contributed by atoms with E-state index < -0.39 is 0 Å². The van der Waals surface area contributed by atoms with Crippen molar-refractivity contribution in [1.82, 2.24) is 9.97 Å². The molecular formula is C26H16N2. The number of rotatable bonds is 2. The van der Waals surface area contributed by atoms with Crippen molar-refractivity contribution in [3.05, 3.63) is 97.3 Å². The minimum absolute atomic E-state index is 0.892. The van der Waals surface area contributed by atoms with Crippen LogP contribution in [0.25, 0.3) is 55.5 Å². The number of benzene rings is 4. The first-order valence-electron chi connectivity index (χ1n) is 9.43. The molecular weight excluding hydrogens is 340 g/mol. The van der Waals surface area contributed by atoms with E-state index in [4.69, 9.17) is 4.98 Å². The summed E-state index contributed by atoms with van der Waals surface area (Å²) in [7, 11) is 0. The molecule has 2 nitrogen and oxygen atoms in total. The summed E-state index contributed by atoms with van der Waals surface area (Å²) in [5.41, 5.74) is 9.17. The summed E-state index contributed by atoms with van der Waals surface area (Å²) in [6.07, 6.45) is 3.68. The zero-order valence-corrected chi connectivity index (χ0v) is 15.1. The van der Waals surface area contributed by atoms with Gasteiger partial charge in [-0.15, -0.1) is 0 Å². The summed E-state index contributed by atoms with van der Waals surface area (Å²) in [5, 5.41) is 2.58. The lowest BCUT2D eigenvalue weighted by molar-refractivity contribution is 1.21. The molecule has 1 aromatic heterocycles. The second-order valence-electron chi connectivity index (χ2n) is 7.13. The van der Waals surface area contributed by atoms with Crippen LogP contribution in [0, 0.1) is 0 Å². The molecule has 0 unspecified atom stereocenters. The van der Waals surface area contributed by atoms with Crippen LogP contribution in [0.2, 0.25) is 0 Å². The summed E-state index contributed by atoms with van der Waals surface area (Å²) in [6, 6.07) is 29.9. The van der Waals surface area contributed by atoms with Crippen molar-refractivity contribution in [2.24, 2.45) is 0 Å². The third-order valence-electron chi connectivity index (χ3n) is 5.48. The Kier molecular flexibility index (Phi) is 3.20. The maximum atomic E-state index is 4.91. The van der Waals surface area contributed by atoms with E-state index in [-0.39, 0.29) is 0 Å². The first-order chi connectivity index (χ1) is 13.9. The molecule has 1 heterocycles. The van der Waals surface area contributed by atoms with Gasteiger partial charge in [-0.25, -0.2) is 4.98 Å². The van der Waals surface area contributed by atoms with Crippen LogP contribution in [0.1, 0.15) is 0 Å². The molecule has 0 bridgehead atoms. The molecule has 0 radical (unpaired) electrons. The predicted molar refractivity (Wildman–Crippen MR) is 115 cm³/mol. The van der Waals surface area contributed by atoms with Gasteiger partial charge in [0.05, 0.1) is 23.8 Å². The molecule has 6 rings (SSSR count). The molecule has 0 saturated carbocycles.